The van der Waals surface area contributed by atoms with Gasteiger partial charge in [0.1, 0.15) is 12.4 Å². The molecule has 1 amide bonds. The Morgan fingerprint density at radius 2 is 2.09 bits per heavy atom. The second kappa shape index (κ2) is 9.96. The molecule has 0 unspecified atom stereocenters. The Hall–Kier alpha value is -4.21. The van der Waals surface area contributed by atoms with Crippen molar-refractivity contribution in [2.75, 3.05) is 23.7 Å². The predicted octanol–water partition coefficient (Wildman–Crippen LogP) is 2.15. The maximum absolute atomic E-state index is 13.0. The lowest BCUT2D eigenvalue weighted by Gasteiger charge is -2.17. The molecule has 35 heavy (non-hydrogen) atoms. The van der Waals surface area contributed by atoms with Gasteiger partial charge in [0.2, 0.25) is 5.91 Å². The number of rotatable bonds is 8. The summed E-state index contributed by atoms with van der Waals surface area (Å²) in [6, 6.07) is 8.02. The zero-order chi connectivity index (χ0) is 24.2. The topological polar surface area (TPSA) is 130 Å². The predicted molar refractivity (Wildman–Crippen MR) is 134 cm³/mol. The lowest BCUT2D eigenvalue weighted by atomic mass is 10.1. The van der Waals surface area contributed by atoms with Gasteiger partial charge in [-0.05, 0) is 43.5 Å². The number of carbonyl (C=O) groups is 1. The Bertz CT molecular complexity index is 1420. The monoisotopic (exact) mass is 472 g/mol. The van der Waals surface area contributed by atoms with Gasteiger partial charge in [-0.3, -0.25) is 19.1 Å². The highest BCUT2D eigenvalue weighted by atomic mass is 16.2. The number of carbonyl (C=O) groups excluding carboxylic acids is 1. The summed E-state index contributed by atoms with van der Waals surface area (Å²) in [6.07, 6.45) is 8.01. The minimum Gasteiger partial charge on any atom is -0.370 e. The zero-order valence-corrected chi connectivity index (χ0v) is 19.6. The molecule has 1 aliphatic heterocycles. The van der Waals surface area contributed by atoms with Gasteiger partial charge in [0, 0.05) is 48.7 Å². The maximum atomic E-state index is 13.0. The van der Waals surface area contributed by atoms with Gasteiger partial charge in [-0.1, -0.05) is 6.07 Å². The summed E-state index contributed by atoms with van der Waals surface area (Å²) in [4.78, 5) is 41.9. The Morgan fingerprint density at radius 1 is 1.17 bits per heavy atom. The molecule has 180 valence electrons. The van der Waals surface area contributed by atoms with E-state index in [2.05, 4.69) is 42.0 Å². The number of hydrogen-bond donors (Lipinski definition) is 4. The minimum atomic E-state index is -0.327. The van der Waals surface area contributed by atoms with Crippen molar-refractivity contribution in [1.29, 1.82) is 0 Å². The van der Waals surface area contributed by atoms with Crippen molar-refractivity contribution in [2.45, 2.75) is 39.3 Å². The molecule has 0 spiro atoms. The van der Waals surface area contributed by atoms with E-state index in [1.807, 2.05) is 24.4 Å². The second-order valence-corrected chi connectivity index (χ2v) is 8.67. The molecule has 10 heteroatoms. The number of pyridine rings is 2. The normalized spacial score (nSPS) is 12.7. The molecular formula is C25H28N8O2. The molecule has 10 nitrogen and oxygen atoms in total. The average molecular weight is 473 g/mol. The summed E-state index contributed by atoms with van der Waals surface area (Å²) in [6.45, 7) is 3.41. The van der Waals surface area contributed by atoms with E-state index in [-0.39, 0.29) is 30.4 Å². The Labute approximate surface area is 202 Å². The summed E-state index contributed by atoms with van der Waals surface area (Å²) < 4.78 is 1.43. The number of H-pyrrole nitrogens is 1. The molecule has 0 saturated heterocycles. The third kappa shape index (κ3) is 5.16. The van der Waals surface area contributed by atoms with Crippen molar-refractivity contribution in [3.63, 3.8) is 0 Å². The summed E-state index contributed by atoms with van der Waals surface area (Å²) in [5, 5.41) is 10.3. The van der Waals surface area contributed by atoms with Gasteiger partial charge in [-0.2, -0.15) is 0 Å². The van der Waals surface area contributed by atoms with Gasteiger partial charge >= 0.3 is 0 Å². The number of aromatic nitrogens is 5. The van der Waals surface area contributed by atoms with Crippen LogP contribution in [0, 0.1) is 6.92 Å². The summed E-state index contributed by atoms with van der Waals surface area (Å²) in [7, 11) is 0. The first kappa shape index (κ1) is 22.6. The van der Waals surface area contributed by atoms with E-state index < -0.39 is 0 Å². The minimum absolute atomic E-state index is 0.0910. The highest BCUT2D eigenvalue weighted by molar-refractivity contribution is 5.79. The van der Waals surface area contributed by atoms with Crippen molar-refractivity contribution in [2.24, 2.45) is 0 Å². The summed E-state index contributed by atoms with van der Waals surface area (Å²) >= 11 is 0. The fourth-order valence-corrected chi connectivity index (χ4v) is 4.19. The van der Waals surface area contributed by atoms with Gasteiger partial charge in [0.15, 0.2) is 5.82 Å². The third-order valence-electron chi connectivity index (χ3n) is 6.14. The van der Waals surface area contributed by atoms with E-state index in [1.165, 1.54) is 10.1 Å². The first-order chi connectivity index (χ1) is 17.1. The number of fused-ring (bicyclic) bond motifs is 2. The second-order valence-electron chi connectivity index (χ2n) is 8.67. The summed E-state index contributed by atoms with van der Waals surface area (Å²) in [5.41, 5.74) is 4.17. The number of hydrogen-bond acceptors (Lipinski definition) is 7. The van der Waals surface area contributed by atoms with Crippen LogP contribution in [0.1, 0.15) is 29.1 Å². The number of nitrogens with one attached hydrogen (secondary N) is 4. The molecule has 0 fully saturated rings. The smallest absolute Gasteiger partial charge is 0.293 e. The molecule has 5 rings (SSSR count). The first-order valence-electron chi connectivity index (χ1n) is 11.8. The maximum Gasteiger partial charge on any atom is 0.293 e. The highest BCUT2D eigenvalue weighted by Gasteiger charge is 2.13. The molecule has 1 aliphatic rings. The number of nitrogens with zero attached hydrogens (tertiary/aromatic N) is 4. The molecule has 0 saturated carbocycles. The standard InChI is InChI=1S/C25H28N8O2/c1-16-12-31-24(28-10-7-19-5-4-17-3-2-8-27-23(17)32-19)25(35)33(16)15-22(34)30-13-20-11-18-6-9-26-21(18)14-29-20/h4-6,9,11-12,14,26H,2-3,7-8,10,13,15H2,1H3,(H,27,32)(H,28,31)(H,30,34). The van der Waals surface area contributed by atoms with Crippen LogP contribution in [-0.2, 0) is 30.7 Å². The first-order valence-corrected chi connectivity index (χ1v) is 11.8. The molecule has 0 radical (unpaired) electrons. The van der Waals surface area contributed by atoms with Crippen molar-refractivity contribution < 1.29 is 4.79 Å². The molecule has 5 heterocycles. The van der Waals surface area contributed by atoms with Crippen LogP contribution >= 0.6 is 0 Å². The zero-order valence-electron chi connectivity index (χ0n) is 19.6. The van der Waals surface area contributed by atoms with Gasteiger partial charge in [0.05, 0.1) is 24.0 Å². The number of aryl methyl sites for hydroxylation is 2. The lowest BCUT2D eigenvalue weighted by molar-refractivity contribution is -0.121. The molecule has 0 atom stereocenters. The molecule has 4 aromatic rings. The molecule has 0 aromatic carbocycles. The fourth-order valence-electron chi connectivity index (χ4n) is 4.19. The average Bonchev–Trinajstić information content (AvgIpc) is 3.34. The van der Waals surface area contributed by atoms with E-state index in [4.69, 9.17) is 0 Å². The third-order valence-corrected chi connectivity index (χ3v) is 6.14. The van der Waals surface area contributed by atoms with E-state index in [0.717, 1.165) is 47.5 Å². The van der Waals surface area contributed by atoms with Gasteiger partial charge in [0.25, 0.3) is 5.56 Å². The van der Waals surface area contributed by atoms with E-state index in [0.29, 0.717) is 18.7 Å². The number of amides is 1. The Balaban J connectivity index is 1.18. The molecule has 4 aromatic heterocycles. The van der Waals surface area contributed by atoms with Crippen molar-refractivity contribution in [3.05, 3.63) is 75.9 Å². The van der Waals surface area contributed by atoms with E-state index in [9.17, 15) is 9.59 Å². The fraction of sp³-hybridized carbons (Fsp3) is 0.320. The molecular weight excluding hydrogens is 444 g/mol. The SMILES string of the molecule is Cc1cnc(NCCc2ccc3c(n2)NCCC3)c(=O)n1CC(=O)NCc1cc2cc[nH]c2cn1. The van der Waals surface area contributed by atoms with Crippen LogP contribution in [0.2, 0.25) is 0 Å². The quantitative estimate of drug-likeness (QED) is 0.309. The van der Waals surface area contributed by atoms with E-state index in [1.54, 1.807) is 19.3 Å². The number of aromatic amines is 1. The van der Waals surface area contributed by atoms with Crippen molar-refractivity contribution in [3.8, 4) is 0 Å². The van der Waals surface area contributed by atoms with Crippen LogP contribution in [0.4, 0.5) is 11.6 Å². The van der Waals surface area contributed by atoms with E-state index >= 15 is 0 Å². The molecule has 0 bridgehead atoms. The van der Waals surface area contributed by atoms with Gasteiger partial charge in [-0.25, -0.2) is 9.97 Å². The van der Waals surface area contributed by atoms with Crippen LogP contribution in [0.3, 0.4) is 0 Å². The van der Waals surface area contributed by atoms with Crippen LogP contribution in [0.15, 0.2) is 47.7 Å². The van der Waals surface area contributed by atoms with Crippen LogP contribution in [0.25, 0.3) is 10.9 Å². The van der Waals surface area contributed by atoms with Crippen LogP contribution in [0.5, 0.6) is 0 Å². The molecule has 4 N–H and O–H groups in total. The summed E-state index contributed by atoms with van der Waals surface area (Å²) in [5.74, 6) is 0.909. The van der Waals surface area contributed by atoms with Crippen LogP contribution in [-0.4, -0.2) is 43.5 Å². The molecule has 0 aliphatic carbocycles. The highest BCUT2D eigenvalue weighted by Crippen LogP contribution is 2.19. The van der Waals surface area contributed by atoms with Gasteiger partial charge in [-0.15, -0.1) is 0 Å². The van der Waals surface area contributed by atoms with Crippen LogP contribution < -0.4 is 21.5 Å². The Kier molecular flexibility index (Phi) is 6.42. The van der Waals surface area contributed by atoms with Crippen molar-refractivity contribution in [1.82, 2.24) is 29.8 Å². The van der Waals surface area contributed by atoms with Gasteiger partial charge < -0.3 is 20.9 Å². The van der Waals surface area contributed by atoms with Crippen molar-refractivity contribution >= 4 is 28.4 Å². The number of anilines is 2. The largest absolute Gasteiger partial charge is 0.370 e. The Morgan fingerprint density at radius 3 is 3.00 bits per heavy atom. The lowest BCUT2D eigenvalue weighted by Crippen LogP contribution is -2.34.